The molecule has 0 spiro atoms. The van der Waals surface area contributed by atoms with Crippen molar-refractivity contribution < 1.29 is 14.6 Å². The summed E-state index contributed by atoms with van der Waals surface area (Å²) in [6.07, 6.45) is 1.39. The Balaban J connectivity index is 2.62. The van der Waals surface area contributed by atoms with Crippen LogP contribution in [0.4, 0.5) is 5.82 Å². The number of nitrogens with two attached hydrogens (primary N) is 2. The molecule has 0 saturated heterocycles. The van der Waals surface area contributed by atoms with E-state index in [4.69, 9.17) is 26.4 Å². The lowest BCUT2D eigenvalue weighted by Gasteiger charge is -2.11. The van der Waals surface area contributed by atoms with Gasteiger partial charge in [-0.2, -0.15) is 0 Å². The number of anilines is 1. The van der Waals surface area contributed by atoms with Crippen LogP contribution in [0.3, 0.4) is 0 Å². The molecule has 2 aromatic rings. The van der Waals surface area contributed by atoms with E-state index in [1.165, 1.54) is 25.0 Å². The standard InChI is InChI=1S/C13H16N4O3/c1-19-8-3-7(4-9(5-8)20-2)17-6-10(18)11(12(14)15)13(17)16/h3-6,18H,16H2,1-2H3,(H3,14,15). The minimum Gasteiger partial charge on any atom is -0.505 e. The highest BCUT2D eigenvalue weighted by Crippen LogP contribution is 2.32. The number of nitrogens with zero attached hydrogens (tertiary/aromatic N) is 1. The Morgan fingerprint density at radius 2 is 1.75 bits per heavy atom. The minimum atomic E-state index is -0.298. The summed E-state index contributed by atoms with van der Waals surface area (Å²) in [5.41, 5.74) is 12.1. The number of nitrogens with one attached hydrogen (secondary N) is 1. The van der Waals surface area contributed by atoms with Gasteiger partial charge in [0.1, 0.15) is 28.9 Å². The van der Waals surface area contributed by atoms with Gasteiger partial charge in [-0.15, -0.1) is 0 Å². The second-order valence-electron chi connectivity index (χ2n) is 4.13. The lowest BCUT2D eigenvalue weighted by Crippen LogP contribution is -2.13. The normalized spacial score (nSPS) is 10.3. The van der Waals surface area contributed by atoms with Gasteiger partial charge in [-0.05, 0) is 0 Å². The molecule has 0 aliphatic heterocycles. The summed E-state index contributed by atoms with van der Waals surface area (Å²) >= 11 is 0. The third-order valence-corrected chi connectivity index (χ3v) is 2.91. The molecule has 1 heterocycles. The van der Waals surface area contributed by atoms with E-state index in [1.54, 1.807) is 18.2 Å². The van der Waals surface area contributed by atoms with Crippen LogP contribution >= 0.6 is 0 Å². The Morgan fingerprint density at radius 3 is 2.15 bits per heavy atom. The maximum absolute atomic E-state index is 9.81. The lowest BCUT2D eigenvalue weighted by molar-refractivity contribution is 0.394. The molecule has 0 bridgehead atoms. The molecule has 106 valence electrons. The van der Waals surface area contributed by atoms with E-state index in [1.807, 2.05) is 0 Å². The van der Waals surface area contributed by atoms with Crippen molar-refractivity contribution >= 4 is 11.7 Å². The van der Waals surface area contributed by atoms with E-state index >= 15 is 0 Å². The average molecular weight is 276 g/mol. The molecule has 0 fully saturated rings. The van der Waals surface area contributed by atoms with Gasteiger partial charge in [0.25, 0.3) is 0 Å². The number of benzene rings is 1. The highest BCUT2D eigenvalue weighted by molar-refractivity contribution is 6.02. The summed E-state index contributed by atoms with van der Waals surface area (Å²) < 4.78 is 11.9. The fraction of sp³-hybridized carbons (Fsp3) is 0.154. The van der Waals surface area contributed by atoms with E-state index in [-0.39, 0.29) is 23.0 Å². The van der Waals surface area contributed by atoms with Gasteiger partial charge in [0.05, 0.1) is 31.7 Å². The van der Waals surface area contributed by atoms with Gasteiger partial charge in [-0.1, -0.05) is 0 Å². The molecule has 0 atom stereocenters. The van der Waals surface area contributed by atoms with Crippen molar-refractivity contribution in [2.45, 2.75) is 0 Å². The smallest absolute Gasteiger partial charge is 0.146 e. The van der Waals surface area contributed by atoms with Gasteiger partial charge in [-0.25, -0.2) is 0 Å². The Bertz CT molecular complexity index is 642. The second kappa shape index (κ2) is 5.04. The van der Waals surface area contributed by atoms with Gasteiger partial charge < -0.3 is 26.0 Å². The fourth-order valence-corrected chi connectivity index (χ4v) is 1.93. The summed E-state index contributed by atoms with van der Waals surface area (Å²) in [6, 6.07) is 5.17. The summed E-state index contributed by atoms with van der Waals surface area (Å²) in [4.78, 5) is 0. The Hall–Kier alpha value is -2.83. The molecular weight excluding hydrogens is 260 g/mol. The molecule has 0 amide bonds. The van der Waals surface area contributed by atoms with Crippen molar-refractivity contribution in [3.8, 4) is 22.9 Å². The highest BCUT2D eigenvalue weighted by atomic mass is 16.5. The first-order chi connectivity index (χ1) is 9.47. The zero-order chi connectivity index (χ0) is 14.9. The van der Waals surface area contributed by atoms with Crippen LogP contribution in [-0.2, 0) is 0 Å². The minimum absolute atomic E-state index is 0.104. The SMILES string of the molecule is COc1cc(OC)cc(-n2cc(O)c(C(=N)N)c2N)c1. The first-order valence-corrected chi connectivity index (χ1v) is 5.75. The number of hydrogen-bond donors (Lipinski definition) is 4. The Labute approximate surface area is 115 Å². The van der Waals surface area contributed by atoms with Crippen LogP contribution < -0.4 is 20.9 Å². The van der Waals surface area contributed by atoms with Crippen molar-refractivity contribution in [3.05, 3.63) is 30.0 Å². The van der Waals surface area contributed by atoms with E-state index < -0.39 is 0 Å². The monoisotopic (exact) mass is 276 g/mol. The topological polar surface area (TPSA) is 120 Å². The van der Waals surface area contributed by atoms with E-state index in [0.29, 0.717) is 17.2 Å². The average Bonchev–Trinajstić information content (AvgIpc) is 2.73. The van der Waals surface area contributed by atoms with E-state index in [2.05, 4.69) is 0 Å². The molecule has 7 nitrogen and oxygen atoms in total. The second-order valence-corrected chi connectivity index (χ2v) is 4.13. The van der Waals surface area contributed by atoms with Crippen LogP contribution in [0, 0.1) is 5.41 Å². The van der Waals surface area contributed by atoms with Gasteiger partial charge in [0, 0.05) is 18.2 Å². The van der Waals surface area contributed by atoms with Gasteiger partial charge in [0.15, 0.2) is 0 Å². The molecular formula is C13H16N4O3. The number of amidine groups is 1. The van der Waals surface area contributed by atoms with Crippen molar-refractivity contribution in [2.75, 3.05) is 20.0 Å². The number of aromatic hydroxyl groups is 1. The molecule has 0 unspecified atom stereocenters. The van der Waals surface area contributed by atoms with Crippen LogP contribution in [0.25, 0.3) is 5.69 Å². The van der Waals surface area contributed by atoms with Crippen molar-refractivity contribution in [1.82, 2.24) is 4.57 Å². The zero-order valence-corrected chi connectivity index (χ0v) is 11.2. The lowest BCUT2D eigenvalue weighted by atomic mass is 10.2. The molecule has 1 aromatic carbocycles. The Morgan fingerprint density at radius 1 is 1.20 bits per heavy atom. The maximum Gasteiger partial charge on any atom is 0.146 e. The van der Waals surface area contributed by atoms with Gasteiger partial charge >= 0.3 is 0 Å². The number of aromatic nitrogens is 1. The largest absolute Gasteiger partial charge is 0.505 e. The predicted octanol–water partition coefficient (Wildman–Crippen LogP) is 1.07. The molecule has 2 rings (SSSR count). The van der Waals surface area contributed by atoms with Crippen molar-refractivity contribution in [3.63, 3.8) is 0 Å². The number of ether oxygens (including phenoxy) is 2. The zero-order valence-electron chi connectivity index (χ0n) is 11.2. The van der Waals surface area contributed by atoms with Crippen molar-refractivity contribution in [1.29, 1.82) is 5.41 Å². The van der Waals surface area contributed by atoms with Crippen LogP contribution in [0.15, 0.2) is 24.4 Å². The predicted molar refractivity (Wildman–Crippen MR) is 76.0 cm³/mol. The summed E-state index contributed by atoms with van der Waals surface area (Å²) in [6.45, 7) is 0. The van der Waals surface area contributed by atoms with Gasteiger partial charge in [0.2, 0.25) is 0 Å². The molecule has 7 heteroatoms. The van der Waals surface area contributed by atoms with Crippen LogP contribution in [0.1, 0.15) is 5.56 Å². The maximum atomic E-state index is 9.81. The first kappa shape index (κ1) is 13.6. The molecule has 0 aliphatic rings. The first-order valence-electron chi connectivity index (χ1n) is 5.75. The number of methoxy groups -OCH3 is 2. The summed E-state index contributed by atoms with van der Waals surface area (Å²) in [7, 11) is 3.08. The van der Waals surface area contributed by atoms with Crippen LogP contribution in [0.2, 0.25) is 0 Å². The molecule has 0 radical (unpaired) electrons. The Kier molecular flexibility index (Phi) is 3.43. The van der Waals surface area contributed by atoms with Crippen LogP contribution in [-0.4, -0.2) is 29.7 Å². The van der Waals surface area contributed by atoms with Crippen molar-refractivity contribution in [2.24, 2.45) is 5.73 Å². The summed E-state index contributed by atoms with van der Waals surface area (Å²) in [5.74, 6) is 0.878. The molecule has 0 aliphatic carbocycles. The molecule has 6 N–H and O–H groups in total. The summed E-state index contributed by atoms with van der Waals surface area (Å²) in [5, 5.41) is 17.2. The molecule has 20 heavy (non-hydrogen) atoms. The van der Waals surface area contributed by atoms with E-state index in [9.17, 15) is 5.11 Å². The van der Waals surface area contributed by atoms with Gasteiger partial charge in [-0.3, -0.25) is 9.98 Å². The third-order valence-electron chi connectivity index (χ3n) is 2.91. The molecule has 1 aromatic heterocycles. The number of nitrogen functional groups attached to an aromatic ring is 2. The number of hydrogen-bond acceptors (Lipinski definition) is 5. The third kappa shape index (κ3) is 2.20. The fourth-order valence-electron chi connectivity index (χ4n) is 1.93. The van der Waals surface area contributed by atoms with E-state index in [0.717, 1.165) is 0 Å². The highest BCUT2D eigenvalue weighted by Gasteiger charge is 2.17. The molecule has 0 saturated carbocycles. The number of rotatable bonds is 4. The van der Waals surface area contributed by atoms with Crippen LogP contribution in [0.5, 0.6) is 17.2 Å². The quantitative estimate of drug-likeness (QED) is 0.492.